The molecular weight excluding hydrogens is 406 g/mol. The lowest BCUT2D eigenvalue weighted by atomic mass is 9.98. The first-order chi connectivity index (χ1) is 14.8. The highest BCUT2D eigenvalue weighted by Gasteiger charge is 2.50. The molecule has 6 heteroatoms. The smallest absolute Gasteiger partial charge is 0.261 e. The molecule has 168 valence electrons. The SMILES string of the molecule is CON(C)C(=O)C1CCC(CO[Si](c2ccccc2)(c2ccccc2)C(C)(C)C)OC1. The van der Waals surface area contributed by atoms with Crippen LogP contribution in [-0.4, -0.2) is 52.8 Å². The minimum atomic E-state index is -2.57. The fourth-order valence-corrected chi connectivity index (χ4v) is 9.05. The maximum absolute atomic E-state index is 12.4. The van der Waals surface area contributed by atoms with Crippen molar-refractivity contribution in [3.63, 3.8) is 0 Å². The molecule has 5 nitrogen and oxygen atoms in total. The Hall–Kier alpha value is -1.99. The Morgan fingerprint density at radius 2 is 1.58 bits per heavy atom. The fourth-order valence-electron chi connectivity index (χ4n) is 4.46. The van der Waals surface area contributed by atoms with Gasteiger partial charge in [-0.25, -0.2) is 5.06 Å². The second-order valence-electron chi connectivity index (χ2n) is 9.22. The number of carbonyl (C=O) groups is 1. The van der Waals surface area contributed by atoms with E-state index in [1.54, 1.807) is 7.05 Å². The van der Waals surface area contributed by atoms with E-state index in [0.717, 1.165) is 12.8 Å². The van der Waals surface area contributed by atoms with E-state index in [9.17, 15) is 4.79 Å². The Bertz CT molecular complexity index is 790. The third-order valence-electron chi connectivity index (χ3n) is 6.21. The molecule has 0 radical (unpaired) electrons. The van der Waals surface area contributed by atoms with Gasteiger partial charge in [-0.3, -0.25) is 9.63 Å². The minimum Gasteiger partial charge on any atom is -0.405 e. The molecular formula is C25H35NO4Si. The summed E-state index contributed by atoms with van der Waals surface area (Å²) in [6.45, 7) is 7.75. The molecule has 0 bridgehead atoms. The molecule has 31 heavy (non-hydrogen) atoms. The van der Waals surface area contributed by atoms with Gasteiger partial charge in [-0.1, -0.05) is 81.4 Å². The number of carbonyl (C=O) groups excluding carboxylic acids is 1. The third-order valence-corrected chi connectivity index (χ3v) is 11.2. The molecule has 3 rings (SSSR count). The van der Waals surface area contributed by atoms with Crippen molar-refractivity contribution in [2.75, 3.05) is 27.4 Å². The molecule has 0 aliphatic carbocycles. The lowest BCUT2D eigenvalue weighted by molar-refractivity contribution is -0.179. The van der Waals surface area contributed by atoms with Gasteiger partial charge < -0.3 is 9.16 Å². The van der Waals surface area contributed by atoms with Crippen LogP contribution in [0.25, 0.3) is 0 Å². The van der Waals surface area contributed by atoms with Crippen LogP contribution in [0.3, 0.4) is 0 Å². The van der Waals surface area contributed by atoms with Gasteiger partial charge in [0.1, 0.15) is 0 Å². The van der Waals surface area contributed by atoms with Crippen LogP contribution < -0.4 is 10.4 Å². The fraction of sp³-hybridized carbons (Fsp3) is 0.480. The molecule has 0 N–H and O–H groups in total. The summed E-state index contributed by atoms with van der Waals surface area (Å²) in [7, 11) is 0.571. The predicted molar refractivity (Wildman–Crippen MR) is 126 cm³/mol. The number of amides is 1. The Morgan fingerprint density at radius 1 is 1.03 bits per heavy atom. The summed E-state index contributed by atoms with van der Waals surface area (Å²) in [4.78, 5) is 17.4. The number of hydrogen-bond acceptors (Lipinski definition) is 4. The predicted octanol–water partition coefficient (Wildman–Crippen LogP) is 3.38. The molecule has 0 saturated carbocycles. The molecule has 2 aromatic carbocycles. The lowest BCUT2D eigenvalue weighted by Gasteiger charge is -2.44. The van der Waals surface area contributed by atoms with Crippen LogP contribution in [0.4, 0.5) is 0 Å². The van der Waals surface area contributed by atoms with E-state index in [2.05, 4.69) is 81.4 Å². The molecule has 2 aromatic rings. The highest BCUT2D eigenvalue weighted by atomic mass is 28.4. The molecule has 2 atom stereocenters. The van der Waals surface area contributed by atoms with Crippen molar-refractivity contribution in [2.24, 2.45) is 5.92 Å². The topological polar surface area (TPSA) is 48.0 Å². The maximum atomic E-state index is 12.4. The summed E-state index contributed by atoms with van der Waals surface area (Å²) in [5.74, 6) is -0.192. The summed E-state index contributed by atoms with van der Waals surface area (Å²) in [5, 5.41) is 3.75. The van der Waals surface area contributed by atoms with Crippen molar-refractivity contribution in [1.29, 1.82) is 0 Å². The van der Waals surface area contributed by atoms with Gasteiger partial charge in [0.25, 0.3) is 14.2 Å². The molecule has 1 aliphatic rings. The number of rotatable bonds is 7. The van der Waals surface area contributed by atoms with Crippen LogP contribution in [0.1, 0.15) is 33.6 Å². The molecule has 1 amide bonds. The van der Waals surface area contributed by atoms with E-state index >= 15 is 0 Å². The van der Waals surface area contributed by atoms with E-state index < -0.39 is 8.32 Å². The first-order valence-corrected chi connectivity index (χ1v) is 12.9. The number of ether oxygens (including phenoxy) is 1. The first-order valence-electron chi connectivity index (χ1n) is 11.0. The highest BCUT2D eigenvalue weighted by Crippen LogP contribution is 2.37. The minimum absolute atomic E-state index is 0.0152. The summed E-state index contributed by atoms with van der Waals surface area (Å²) in [5.41, 5.74) is 0. The zero-order valence-electron chi connectivity index (χ0n) is 19.3. The van der Waals surface area contributed by atoms with Crippen LogP contribution >= 0.6 is 0 Å². The van der Waals surface area contributed by atoms with Gasteiger partial charge in [0.15, 0.2) is 0 Å². The largest absolute Gasteiger partial charge is 0.405 e. The summed E-state index contributed by atoms with van der Waals surface area (Å²) in [6, 6.07) is 21.3. The zero-order valence-corrected chi connectivity index (χ0v) is 20.3. The van der Waals surface area contributed by atoms with Crippen molar-refractivity contribution in [3.8, 4) is 0 Å². The standard InChI is InChI=1S/C25H35NO4Si/c1-25(2,3)31(22-12-8-6-9-13-22,23-14-10-7-11-15-23)30-19-21-17-16-20(18-29-21)24(27)26(4)28-5/h6-15,20-21H,16-19H2,1-5H3. The first kappa shape index (κ1) is 23.7. The van der Waals surface area contributed by atoms with E-state index in [1.807, 2.05) is 0 Å². The van der Waals surface area contributed by atoms with Crippen molar-refractivity contribution in [3.05, 3.63) is 60.7 Å². The molecule has 1 heterocycles. The average molecular weight is 442 g/mol. The third kappa shape index (κ3) is 5.09. The van der Waals surface area contributed by atoms with Gasteiger partial charge in [0.05, 0.1) is 32.3 Å². The second kappa shape index (κ2) is 10.1. The average Bonchev–Trinajstić information content (AvgIpc) is 2.79. The summed E-state index contributed by atoms with van der Waals surface area (Å²) >= 11 is 0. The Morgan fingerprint density at radius 3 is 2.00 bits per heavy atom. The summed E-state index contributed by atoms with van der Waals surface area (Å²) in [6.07, 6.45) is 1.56. The normalized spacial score (nSPS) is 19.8. The highest BCUT2D eigenvalue weighted by molar-refractivity contribution is 6.99. The van der Waals surface area contributed by atoms with Crippen LogP contribution in [0.2, 0.25) is 5.04 Å². The van der Waals surface area contributed by atoms with Gasteiger partial charge in [0.2, 0.25) is 0 Å². The van der Waals surface area contributed by atoms with Crippen LogP contribution in [-0.2, 0) is 18.8 Å². The monoisotopic (exact) mass is 441 g/mol. The number of hydrogen-bond donors (Lipinski definition) is 0. The van der Waals surface area contributed by atoms with Crippen LogP contribution in [0.5, 0.6) is 0 Å². The summed E-state index contributed by atoms with van der Waals surface area (Å²) < 4.78 is 13.0. The van der Waals surface area contributed by atoms with Crippen molar-refractivity contribution in [2.45, 2.75) is 44.8 Å². The molecule has 0 spiro atoms. The van der Waals surface area contributed by atoms with Gasteiger partial charge in [-0.2, -0.15) is 0 Å². The second-order valence-corrected chi connectivity index (χ2v) is 13.5. The molecule has 1 aliphatic heterocycles. The van der Waals surface area contributed by atoms with Crippen LogP contribution in [0, 0.1) is 5.92 Å². The van der Waals surface area contributed by atoms with E-state index in [-0.39, 0.29) is 23.0 Å². The Kier molecular flexibility index (Phi) is 7.70. The molecule has 0 aromatic heterocycles. The van der Waals surface area contributed by atoms with Gasteiger partial charge >= 0.3 is 0 Å². The van der Waals surface area contributed by atoms with Crippen LogP contribution in [0.15, 0.2) is 60.7 Å². The molecule has 1 saturated heterocycles. The molecule has 2 unspecified atom stereocenters. The number of nitrogens with zero attached hydrogens (tertiary/aromatic N) is 1. The Labute approximate surface area is 187 Å². The zero-order chi connectivity index (χ0) is 22.5. The lowest BCUT2D eigenvalue weighted by Crippen LogP contribution is -2.67. The van der Waals surface area contributed by atoms with Crippen molar-refractivity contribution in [1.82, 2.24) is 5.06 Å². The van der Waals surface area contributed by atoms with E-state index in [0.29, 0.717) is 13.2 Å². The quantitative estimate of drug-likeness (QED) is 0.488. The maximum Gasteiger partial charge on any atom is 0.261 e. The number of benzene rings is 2. The van der Waals surface area contributed by atoms with Crippen molar-refractivity contribution < 1.29 is 18.8 Å². The Balaban J connectivity index is 1.81. The van der Waals surface area contributed by atoms with Gasteiger partial charge in [-0.05, 0) is 28.3 Å². The number of hydroxylamine groups is 2. The molecule has 1 fully saturated rings. The van der Waals surface area contributed by atoms with E-state index in [4.69, 9.17) is 14.0 Å². The van der Waals surface area contributed by atoms with Gasteiger partial charge in [0, 0.05) is 7.05 Å². The van der Waals surface area contributed by atoms with Crippen molar-refractivity contribution >= 4 is 24.6 Å². The van der Waals surface area contributed by atoms with E-state index in [1.165, 1.54) is 22.5 Å². The van der Waals surface area contributed by atoms with Gasteiger partial charge in [-0.15, -0.1) is 0 Å².